The standard InChI is InChI=1S/C30H29N3O2/c34-30(22-23-10-2-1-3-11-23)31-19-9-18-29-32-26-15-6-7-16-27(26)33(29)20-21-35-28-17-8-13-24-12-4-5-14-25(24)28/h1-8,10-17H,9,18-22H2,(H,31,34). The molecule has 0 aliphatic heterocycles. The highest BCUT2D eigenvalue weighted by Gasteiger charge is 2.11. The molecule has 1 amide bonds. The third-order valence-electron chi connectivity index (χ3n) is 6.16. The molecule has 0 spiro atoms. The van der Waals surface area contributed by atoms with E-state index in [-0.39, 0.29) is 5.91 Å². The summed E-state index contributed by atoms with van der Waals surface area (Å²) < 4.78 is 8.45. The number of aromatic nitrogens is 2. The van der Waals surface area contributed by atoms with Crippen LogP contribution < -0.4 is 10.1 Å². The number of fused-ring (bicyclic) bond motifs is 2. The zero-order chi connectivity index (χ0) is 23.9. The van der Waals surface area contributed by atoms with Gasteiger partial charge in [0, 0.05) is 18.4 Å². The third-order valence-corrected chi connectivity index (χ3v) is 6.16. The highest BCUT2D eigenvalue weighted by molar-refractivity contribution is 5.88. The zero-order valence-electron chi connectivity index (χ0n) is 19.7. The molecule has 0 saturated heterocycles. The number of hydrogen-bond donors (Lipinski definition) is 1. The molecule has 0 aliphatic carbocycles. The minimum Gasteiger partial charge on any atom is -0.491 e. The molecule has 0 unspecified atom stereocenters. The van der Waals surface area contributed by atoms with E-state index in [0.29, 0.717) is 26.1 Å². The molecule has 0 atom stereocenters. The first kappa shape index (κ1) is 22.7. The Morgan fingerprint density at radius 3 is 2.54 bits per heavy atom. The van der Waals surface area contributed by atoms with Crippen LogP contribution in [0, 0.1) is 0 Å². The van der Waals surface area contributed by atoms with Crippen molar-refractivity contribution in [3.63, 3.8) is 0 Å². The van der Waals surface area contributed by atoms with E-state index in [4.69, 9.17) is 9.72 Å². The lowest BCUT2D eigenvalue weighted by Gasteiger charge is -2.12. The number of para-hydroxylation sites is 2. The van der Waals surface area contributed by atoms with Crippen LogP contribution in [-0.4, -0.2) is 28.6 Å². The molecule has 5 nitrogen and oxygen atoms in total. The van der Waals surface area contributed by atoms with Crippen molar-refractivity contribution in [1.29, 1.82) is 0 Å². The summed E-state index contributed by atoms with van der Waals surface area (Å²) in [4.78, 5) is 17.1. The van der Waals surface area contributed by atoms with E-state index in [9.17, 15) is 4.79 Å². The van der Waals surface area contributed by atoms with Crippen molar-refractivity contribution in [2.24, 2.45) is 0 Å². The number of hydrogen-bond acceptors (Lipinski definition) is 3. The van der Waals surface area contributed by atoms with Crippen molar-refractivity contribution in [2.45, 2.75) is 25.8 Å². The van der Waals surface area contributed by atoms with Crippen molar-refractivity contribution in [2.75, 3.05) is 13.2 Å². The Morgan fingerprint density at radius 2 is 1.63 bits per heavy atom. The number of aryl methyl sites for hydroxylation is 1. The van der Waals surface area contributed by atoms with E-state index < -0.39 is 0 Å². The average molecular weight is 464 g/mol. The molecule has 1 heterocycles. The predicted octanol–water partition coefficient (Wildman–Crippen LogP) is 5.56. The van der Waals surface area contributed by atoms with Gasteiger partial charge in [0.05, 0.1) is 24.0 Å². The first-order chi connectivity index (χ1) is 17.3. The summed E-state index contributed by atoms with van der Waals surface area (Å²) >= 11 is 0. The second-order valence-electron chi connectivity index (χ2n) is 8.61. The van der Waals surface area contributed by atoms with Crippen molar-refractivity contribution in [3.8, 4) is 5.75 Å². The number of imidazole rings is 1. The van der Waals surface area contributed by atoms with Crippen molar-refractivity contribution in [3.05, 3.63) is 108 Å². The molecule has 0 bridgehead atoms. The van der Waals surface area contributed by atoms with Gasteiger partial charge in [-0.3, -0.25) is 4.79 Å². The van der Waals surface area contributed by atoms with Gasteiger partial charge in [0.15, 0.2) is 0 Å². The van der Waals surface area contributed by atoms with Crippen LogP contribution in [0.4, 0.5) is 0 Å². The van der Waals surface area contributed by atoms with Gasteiger partial charge >= 0.3 is 0 Å². The maximum Gasteiger partial charge on any atom is 0.224 e. The maximum absolute atomic E-state index is 12.3. The fourth-order valence-electron chi connectivity index (χ4n) is 4.45. The van der Waals surface area contributed by atoms with Crippen molar-refractivity contribution in [1.82, 2.24) is 14.9 Å². The largest absolute Gasteiger partial charge is 0.491 e. The van der Waals surface area contributed by atoms with Crippen LogP contribution in [0.15, 0.2) is 97.1 Å². The Balaban J connectivity index is 1.20. The Labute approximate surface area is 205 Å². The fraction of sp³-hybridized carbons (Fsp3) is 0.200. The first-order valence-electron chi connectivity index (χ1n) is 12.1. The molecular weight excluding hydrogens is 434 g/mol. The summed E-state index contributed by atoms with van der Waals surface area (Å²) in [6, 6.07) is 32.4. The second-order valence-corrected chi connectivity index (χ2v) is 8.61. The lowest BCUT2D eigenvalue weighted by Crippen LogP contribution is -2.26. The number of amides is 1. The number of carbonyl (C=O) groups is 1. The minimum atomic E-state index is 0.0493. The molecule has 0 fully saturated rings. The SMILES string of the molecule is O=C(Cc1ccccc1)NCCCc1nc2ccccc2n1CCOc1cccc2ccccc12. The van der Waals surface area contributed by atoms with Crippen LogP contribution in [0.25, 0.3) is 21.8 Å². The van der Waals surface area contributed by atoms with Gasteiger partial charge in [-0.1, -0.05) is 78.9 Å². The molecule has 0 saturated carbocycles. The van der Waals surface area contributed by atoms with Gasteiger partial charge in [-0.25, -0.2) is 4.98 Å². The Kier molecular flexibility index (Phi) is 7.04. The van der Waals surface area contributed by atoms with E-state index in [1.165, 1.54) is 5.39 Å². The van der Waals surface area contributed by atoms with E-state index in [0.717, 1.165) is 46.4 Å². The highest BCUT2D eigenvalue weighted by atomic mass is 16.5. The molecule has 35 heavy (non-hydrogen) atoms. The Hall–Kier alpha value is -4.12. The topological polar surface area (TPSA) is 56.2 Å². The van der Waals surface area contributed by atoms with E-state index in [2.05, 4.69) is 34.1 Å². The quantitative estimate of drug-likeness (QED) is 0.276. The average Bonchev–Trinajstić information content (AvgIpc) is 3.25. The van der Waals surface area contributed by atoms with Crippen LogP contribution in [0.2, 0.25) is 0 Å². The third kappa shape index (κ3) is 5.52. The van der Waals surface area contributed by atoms with Gasteiger partial charge < -0.3 is 14.6 Å². The smallest absolute Gasteiger partial charge is 0.224 e. The van der Waals surface area contributed by atoms with Gasteiger partial charge in [0.25, 0.3) is 0 Å². The maximum atomic E-state index is 12.3. The van der Waals surface area contributed by atoms with Crippen LogP contribution in [0.1, 0.15) is 17.8 Å². The monoisotopic (exact) mass is 463 g/mol. The van der Waals surface area contributed by atoms with Gasteiger partial charge in [-0.15, -0.1) is 0 Å². The normalized spacial score (nSPS) is 11.1. The zero-order valence-corrected chi connectivity index (χ0v) is 19.7. The number of rotatable bonds is 10. The summed E-state index contributed by atoms with van der Waals surface area (Å²) in [7, 11) is 0. The predicted molar refractivity (Wildman–Crippen MR) is 141 cm³/mol. The molecule has 5 aromatic rings. The number of benzene rings is 4. The molecule has 176 valence electrons. The molecule has 1 N–H and O–H groups in total. The van der Waals surface area contributed by atoms with Crippen LogP contribution in [0.3, 0.4) is 0 Å². The summed E-state index contributed by atoms with van der Waals surface area (Å²) in [5, 5.41) is 5.33. The second kappa shape index (κ2) is 10.9. The van der Waals surface area contributed by atoms with Crippen LogP contribution >= 0.6 is 0 Å². The van der Waals surface area contributed by atoms with Gasteiger partial charge in [0.2, 0.25) is 5.91 Å². The van der Waals surface area contributed by atoms with Gasteiger partial charge in [-0.2, -0.15) is 0 Å². The Morgan fingerprint density at radius 1 is 0.857 bits per heavy atom. The van der Waals surface area contributed by atoms with Crippen LogP contribution in [-0.2, 0) is 24.2 Å². The fourth-order valence-corrected chi connectivity index (χ4v) is 4.45. The summed E-state index contributed by atoms with van der Waals surface area (Å²) in [5.41, 5.74) is 3.12. The lowest BCUT2D eigenvalue weighted by molar-refractivity contribution is -0.120. The molecular formula is C30H29N3O2. The summed E-state index contributed by atoms with van der Waals surface area (Å²) in [5.74, 6) is 1.97. The van der Waals surface area contributed by atoms with Gasteiger partial charge in [0.1, 0.15) is 18.2 Å². The number of nitrogens with zero attached hydrogens (tertiary/aromatic N) is 2. The lowest BCUT2D eigenvalue weighted by atomic mass is 10.1. The summed E-state index contributed by atoms with van der Waals surface area (Å²) in [6.07, 6.45) is 2.02. The molecule has 4 aromatic carbocycles. The van der Waals surface area contributed by atoms with E-state index in [1.54, 1.807) is 0 Å². The number of ether oxygens (including phenoxy) is 1. The number of nitrogens with one attached hydrogen (secondary N) is 1. The molecule has 0 aliphatic rings. The van der Waals surface area contributed by atoms with E-state index in [1.807, 2.05) is 72.8 Å². The minimum absolute atomic E-state index is 0.0493. The molecule has 0 radical (unpaired) electrons. The Bertz CT molecular complexity index is 1420. The summed E-state index contributed by atoms with van der Waals surface area (Å²) in [6.45, 7) is 1.88. The van der Waals surface area contributed by atoms with E-state index >= 15 is 0 Å². The van der Waals surface area contributed by atoms with Crippen molar-refractivity contribution < 1.29 is 9.53 Å². The number of carbonyl (C=O) groups excluding carboxylic acids is 1. The van der Waals surface area contributed by atoms with Crippen LogP contribution in [0.5, 0.6) is 5.75 Å². The molecule has 5 rings (SSSR count). The van der Waals surface area contributed by atoms with Gasteiger partial charge in [-0.05, 0) is 35.6 Å². The highest BCUT2D eigenvalue weighted by Crippen LogP contribution is 2.25. The van der Waals surface area contributed by atoms with Crippen molar-refractivity contribution >= 4 is 27.7 Å². The first-order valence-corrected chi connectivity index (χ1v) is 12.1. The molecule has 5 heteroatoms. The molecule has 1 aromatic heterocycles.